The van der Waals surface area contributed by atoms with Crippen LogP contribution in [0.3, 0.4) is 0 Å². The minimum Gasteiger partial charge on any atom is -0.379 e. The molecule has 5 nitrogen and oxygen atoms in total. The first-order valence-electron chi connectivity index (χ1n) is 7.55. The van der Waals surface area contributed by atoms with Crippen LogP contribution in [-0.2, 0) is 11.8 Å². The molecule has 0 bridgehead atoms. The second-order valence-electron chi connectivity index (χ2n) is 6.00. The Labute approximate surface area is 120 Å². The average Bonchev–Trinajstić information content (AvgIpc) is 3.06. The van der Waals surface area contributed by atoms with E-state index in [1.807, 2.05) is 13.2 Å². The predicted molar refractivity (Wildman–Crippen MR) is 77.5 cm³/mol. The molecule has 1 aliphatic heterocycles. The van der Waals surface area contributed by atoms with Gasteiger partial charge in [-0.2, -0.15) is 0 Å². The molecular formula is C15H24N4O. The number of aryl methyl sites for hydroxylation is 1. The molecule has 2 heterocycles. The molecule has 110 valence electrons. The summed E-state index contributed by atoms with van der Waals surface area (Å²) in [6.07, 6.45) is 9.90. The average molecular weight is 276 g/mol. The smallest absolute Gasteiger partial charge is 0.0897 e. The fourth-order valence-electron chi connectivity index (χ4n) is 3.37. The van der Waals surface area contributed by atoms with Crippen molar-refractivity contribution in [1.29, 1.82) is 0 Å². The highest BCUT2D eigenvalue weighted by Gasteiger charge is 2.35. The summed E-state index contributed by atoms with van der Waals surface area (Å²) in [7, 11) is 3.72. The molecular weight excluding hydrogens is 252 g/mol. The van der Waals surface area contributed by atoms with E-state index in [9.17, 15) is 0 Å². The van der Waals surface area contributed by atoms with Crippen LogP contribution in [0.5, 0.6) is 0 Å². The Morgan fingerprint density at radius 3 is 2.90 bits per heavy atom. The number of hydrogen-bond acceptors (Lipinski definition) is 4. The number of rotatable bonds is 4. The summed E-state index contributed by atoms with van der Waals surface area (Å²) >= 11 is 0. The summed E-state index contributed by atoms with van der Waals surface area (Å²) in [6.45, 7) is 3.11. The summed E-state index contributed by atoms with van der Waals surface area (Å²) in [5.74, 6) is 0.345. The van der Waals surface area contributed by atoms with Crippen molar-refractivity contribution in [3.63, 3.8) is 0 Å². The highest BCUT2D eigenvalue weighted by Crippen LogP contribution is 2.29. The van der Waals surface area contributed by atoms with Gasteiger partial charge in [0, 0.05) is 45.9 Å². The van der Waals surface area contributed by atoms with Gasteiger partial charge in [-0.05, 0) is 25.7 Å². The molecule has 3 rings (SSSR count). The van der Waals surface area contributed by atoms with E-state index in [0.717, 1.165) is 25.3 Å². The van der Waals surface area contributed by atoms with Crippen LogP contribution >= 0.6 is 0 Å². The Morgan fingerprint density at radius 2 is 2.25 bits per heavy atom. The van der Waals surface area contributed by atoms with Gasteiger partial charge in [-0.25, -0.2) is 0 Å². The molecule has 1 saturated heterocycles. The minimum atomic E-state index is 0.232. The number of ether oxygens (including phenoxy) is 1. The zero-order valence-electron chi connectivity index (χ0n) is 12.5. The number of hydrogen-bond donors (Lipinski definition) is 0. The lowest BCUT2D eigenvalue weighted by Crippen LogP contribution is -2.25. The van der Waals surface area contributed by atoms with Crippen molar-refractivity contribution in [2.75, 3.05) is 26.7 Å². The van der Waals surface area contributed by atoms with Gasteiger partial charge in [0.1, 0.15) is 0 Å². The van der Waals surface area contributed by atoms with E-state index >= 15 is 0 Å². The van der Waals surface area contributed by atoms with E-state index in [4.69, 9.17) is 4.74 Å². The third kappa shape index (κ3) is 2.94. The fourth-order valence-corrected chi connectivity index (χ4v) is 3.37. The summed E-state index contributed by atoms with van der Waals surface area (Å²) in [6, 6.07) is 0. The third-order valence-corrected chi connectivity index (χ3v) is 4.46. The first kappa shape index (κ1) is 13.8. The molecule has 0 saturated carbocycles. The van der Waals surface area contributed by atoms with E-state index < -0.39 is 0 Å². The van der Waals surface area contributed by atoms with E-state index in [-0.39, 0.29) is 6.10 Å². The molecule has 1 aromatic rings. The molecule has 0 spiro atoms. The predicted octanol–water partition coefficient (Wildman–Crippen LogP) is 1.73. The second-order valence-corrected chi connectivity index (χ2v) is 6.00. The molecule has 2 aliphatic rings. The van der Waals surface area contributed by atoms with Crippen molar-refractivity contribution in [2.24, 2.45) is 7.05 Å². The lowest BCUT2D eigenvalue weighted by Gasteiger charge is -2.20. The van der Waals surface area contributed by atoms with E-state index in [2.05, 4.69) is 21.3 Å². The Hall–Kier alpha value is -1.20. The zero-order valence-corrected chi connectivity index (χ0v) is 12.5. The molecule has 1 aromatic heterocycles. The number of likely N-dealkylation sites (tertiary alicyclic amines) is 1. The van der Waals surface area contributed by atoms with Crippen molar-refractivity contribution in [2.45, 2.75) is 37.7 Å². The Bertz CT molecular complexity index is 482. The van der Waals surface area contributed by atoms with Crippen LogP contribution in [0.1, 0.15) is 37.3 Å². The van der Waals surface area contributed by atoms with Gasteiger partial charge in [-0.15, -0.1) is 5.10 Å². The molecule has 1 aliphatic carbocycles. The molecule has 5 heteroatoms. The van der Waals surface area contributed by atoms with Crippen molar-refractivity contribution in [3.8, 4) is 0 Å². The summed E-state index contributed by atoms with van der Waals surface area (Å²) in [5.41, 5.74) is 2.66. The van der Waals surface area contributed by atoms with E-state index in [1.165, 1.54) is 25.7 Å². The molecule has 0 unspecified atom stereocenters. The molecule has 0 N–H and O–H groups in total. The highest BCUT2D eigenvalue weighted by atomic mass is 16.5. The summed E-state index contributed by atoms with van der Waals surface area (Å²) in [4.78, 5) is 2.50. The normalized spacial score (nSPS) is 27.8. The second kappa shape index (κ2) is 6.06. The Balaban J connectivity index is 1.66. The Kier molecular flexibility index (Phi) is 4.17. The van der Waals surface area contributed by atoms with E-state index in [0.29, 0.717) is 5.92 Å². The van der Waals surface area contributed by atoms with Gasteiger partial charge in [0.25, 0.3) is 0 Å². The maximum Gasteiger partial charge on any atom is 0.0897 e. The van der Waals surface area contributed by atoms with Gasteiger partial charge in [0.2, 0.25) is 0 Å². The Morgan fingerprint density at radius 1 is 1.35 bits per heavy atom. The largest absolute Gasteiger partial charge is 0.379 e. The highest BCUT2D eigenvalue weighted by molar-refractivity contribution is 5.13. The monoisotopic (exact) mass is 276 g/mol. The first-order valence-corrected chi connectivity index (χ1v) is 7.55. The SMILES string of the molecule is CO[C@@H]1CN(CC2=CCCCC2)C[C@H]1c1cn(C)nn1. The van der Waals surface area contributed by atoms with Crippen molar-refractivity contribution in [1.82, 2.24) is 19.9 Å². The molecule has 1 fully saturated rings. The van der Waals surface area contributed by atoms with E-state index in [1.54, 1.807) is 17.4 Å². The number of aromatic nitrogens is 3. The molecule has 2 atom stereocenters. The first-order chi connectivity index (χ1) is 9.76. The van der Waals surface area contributed by atoms with Gasteiger partial charge >= 0.3 is 0 Å². The van der Waals surface area contributed by atoms with Gasteiger partial charge in [-0.3, -0.25) is 9.58 Å². The number of allylic oxidation sites excluding steroid dienone is 1. The maximum absolute atomic E-state index is 5.67. The topological polar surface area (TPSA) is 43.2 Å². The lowest BCUT2D eigenvalue weighted by atomic mass is 9.99. The molecule has 0 amide bonds. The molecule has 20 heavy (non-hydrogen) atoms. The van der Waals surface area contributed by atoms with Gasteiger partial charge in [0.15, 0.2) is 0 Å². The molecule has 0 aromatic carbocycles. The quantitative estimate of drug-likeness (QED) is 0.786. The zero-order chi connectivity index (χ0) is 13.9. The van der Waals surface area contributed by atoms with Crippen LogP contribution in [-0.4, -0.2) is 52.7 Å². The summed E-state index contributed by atoms with van der Waals surface area (Å²) < 4.78 is 7.44. The van der Waals surface area contributed by atoms with Crippen LogP contribution < -0.4 is 0 Å². The third-order valence-electron chi connectivity index (χ3n) is 4.46. The van der Waals surface area contributed by atoms with Crippen molar-refractivity contribution >= 4 is 0 Å². The lowest BCUT2D eigenvalue weighted by molar-refractivity contribution is 0.0971. The maximum atomic E-state index is 5.67. The fraction of sp³-hybridized carbons (Fsp3) is 0.733. The number of methoxy groups -OCH3 is 1. The van der Waals surface area contributed by atoms with Gasteiger partial charge in [-0.1, -0.05) is 16.9 Å². The van der Waals surface area contributed by atoms with Gasteiger partial charge < -0.3 is 4.74 Å². The number of nitrogens with zero attached hydrogens (tertiary/aromatic N) is 4. The van der Waals surface area contributed by atoms with Crippen molar-refractivity contribution < 1.29 is 4.74 Å². The van der Waals surface area contributed by atoms with Crippen LogP contribution in [0.15, 0.2) is 17.8 Å². The van der Waals surface area contributed by atoms with Crippen molar-refractivity contribution in [3.05, 3.63) is 23.5 Å². The summed E-state index contributed by atoms with van der Waals surface area (Å²) in [5, 5.41) is 8.32. The van der Waals surface area contributed by atoms with Crippen LogP contribution in [0, 0.1) is 0 Å². The van der Waals surface area contributed by atoms with Crippen LogP contribution in [0.4, 0.5) is 0 Å². The minimum absolute atomic E-state index is 0.232. The molecule has 0 radical (unpaired) electrons. The van der Waals surface area contributed by atoms with Gasteiger partial charge in [0.05, 0.1) is 11.8 Å². The van der Waals surface area contributed by atoms with Crippen LogP contribution in [0.2, 0.25) is 0 Å². The van der Waals surface area contributed by atoms with Crippen LogP contribution in [0.25, 0.3) is 0 Å². The standard InChI is InChI=1S/C15H24N4O/c1-18-10-14(16-17-18)13-9-19(11-15(13)20-2)8-12-6-4-3-5-7-12/h6,10,13,15H,3-5,7-9,11H2,1-2H3/t13-,15+/m0/s1.